The van der Waals surface area contributed by atoms with Crippen molar-refractivity contribution in [3.63, 3.8) is 0 Å². The molecule has 2 aromatic carbocycles. The predicted octanol–water partition coefficient (Wildman–Crippen LogP) is 5.50. The van der Waals surface area contributed by atoms with Gasteiger partial charge in [0.1, 0.15) is 17.3 Å². The van der Waals surface area contributed by atoms with Crippen LogP contribution in [0.4, 0.5) is 0 Å². The highest BCUT2D eigenvalue weighted by atomic mass is 35.5. The Morgan fingerprint density at radius 1 is 1.08 bits per heavy atom. The largest absolute Gasteiger partial charge is 0.507 e. The Bertz CT molecular complexity index is 1320. The van der Waals surface area contributed by atoms with E-state index in [0.29, 0.717) is 17.2 Å². The van der Waals surface area contributed by atoms with Gasteiger partial charge in [-0.25, -0.2) is 0 Å². The third-order valence-electron chi connectivity index (χ3n) is 6.26. The van der Waals surface area contributed by atoms with E-state index in [9.17, 15) is 14.7 Å². The van der Waals surface area contributed by atoms with Crippen LogP contribution in [0.5, 0.6) is 11.5 Å². The second kappa shape index (κ2) is 10.4. The number of pyridine rings is 1. The Morgan fingerprint density at radius 3 is 2.36 bits per heavy atom. The minimum atomic E-state index is -0.821. The van der Waals surface area contributed by atoms with Crippen molar-refractivity contribution in [3.8, 4) is 11.5 Å². The van der Waals surface area contributed by atoms with Gasteiger partial charge in [0.05, 0.1) is 36.4 Å². The molecule has 0 saturated carbocycles. The Hall–Kier alpha value is -3.84. The molecule has 1 aliphatic rings. The summed E-state index contributed by atoms with van der Waals surface area (Å²) in [4.78, 5) is 32.2. The minimum Gasteiger partial charge on any atom is -0.507 e. The average Bonchev–Trinajstić information content (AvgIpc) is 3.13. The van der Waals surface area contributed by atoms with Crippen LogP contribution in [-0.2, 0) is 16.1 Å². The zero-order chi connectivity index (χ0) is 26.0. The highest BCUT2D eigenvalue weighted by Crippen LogP contribution is 2.43. The summed E-state index contributed by atoms with van der Waals surface area (Å²) in [5.41, 5.74) is 2.73. The number of aliphatic hydroxyl groups excluding tert-OH is 1. The molecule has 1 fully saturated rings. The number of aliphatic hydroxyl groups is 1. The Balaban J connectivity index is 1.92. The van der Waals surface area contributed by atoms with Crippen LogP contribution >= 0.6 is 11.6 Å². The van der Waals surface area contributed by atoms with Gasteiger partial charge in [-0.2, -0.15) is 0 Å². The van der Waals surface area contributed by atoms with Crippen LogP contribution in [0.1, 0.15) is 48.1 Å². The SMILES string of the molecule is COc1cc(/C(O)=C2\C(=O)C(=O)N(Cc3cccnc3)C2c2ccc(C(C)C)cc2)c(OC)cc1Cl. The van der Waals surface area contributed by atoms with E-state index in [0.717, 1.165) is 11.1 Å². The summed E-state index contributed by atoms with van der Waals surface area (Å²) in [7, 11) is 2.87. The molecule has 3 aromatic rings. The summed E-state index contributed by atoms with van der Waals surface area (Å²) in [6.07, 6.45) is 3.28. The third kappa shape index (κ3) is 4.66. The number of carbonyl (C=O) groups excluding carboxylic acids is 2. The molecule has 1 aliphatic heterocycles. The van der Waals surface area contributed by atoms with E-state index in [1.54, 1.807) is 18.5 Å². The van der Waals surface area contributed by atoms with Crippen molar-refractivity contribution in [1.82, 2.24) is 9.88 Å². The number of hydrogen-bond donors (Lipinski definition) is 1. The van der Waals surface area contributed by atoms with Crippen LogP contribution in [0.25, 0.3) is 5.76 Å². The monoisotopic (exact) mass is 506 g/mol. The molecular weight excluding hydrogens is 480 g/mol. The van der Waals surface area contributed by atoms with E-state index in [2.05, 4.69) is 18.8 Å². The van der Waals surface area contributed by atoms with Gasteiger partial charge < -0.3 is 19.5 Å². The molecule has 0 bridgehead atoms. The normalized spacial score (nSPS) is 17.1. The third-order valence-corrected chi connectivity index (χ3v) is 6.56. The zero-order valence-corrected chi connectivity index (χ0v) is 21.2. The maximum Gasteiger partial charge on any atom is 0.295 e. The first kappa shape index (κ1) is 25.3. The maximum absolute atomic E-state index is 13.4. The number of likely N-dealkylation sites (tertiary alicyclic amines) is 1. The van der Waals surface area contributed by atoms with E-state index in [4.69, 9.17) is 21.1 Å². The van der Waals surface area contributed by atoms with Crippen molar-refractivity contribution in [2.24, 2.45) is 0 Å². The minimum absolute atomic E-state index is 0.0381. The number of methoxy groups -OCH3 is 2. The zero-order valence-electron chi connectivity index (χ0n) is 20.5. The van der Waals surface area contributed by atoms with Crippen molar-refractivity contribution in [1.29, 1.82) is 0 Å². The van der Waals surface area contributed by atoms with Gasteiger partial charge >= 0.3 is 0 Å². The van der Waals surface area contributed by atoms with Gasteiger partial charge in [-0.1, -0.05) is 55.8 Å². The summed E-state index contributed by atoms with van der Waals surface area (Å²) in [6, 6.07) is 13.5. The van der Waals surface area contributed by atoms with Gasteiger partial charge in [0.15, 0.2) is 0 Å². The van der Waals surface area contributed by atoms with Crippen LogP contribution in [0.2, 0.25) is 5.02 Å². The van der Waals surface area contributed by atoms with Gasteiger partial charge in [-0.15, -0.1) is 0 Å². The lowest BCUT2D eigenvalue weighted by molar-refractivity contribution is -0.140. The second-order valence-corrected chi connectivity index (χ2v) is 9.20. The van der Waals surface area contributed by atoms with Crippen molar-refractivity contribution >= 4 is 29.1 Å². The fourth-order valence-corrected chi connectivity index (χ4v) is 4.56. The van der Waals surface area contributed by atoms with Crippen LogP contribution in [-0.4, -0.2) is 40.9 Å². The number of carbonyl (C=O) groups is 2. The quantitative estimate of drug-likeness (QED) is 0.259. The first-order chi connectivity index (χ1) is 17.3. The summed E-state index contributed by atoms with van der Waals surface area (Å²) in [5.74, 6) is -1.02. The molecule has 0 radical (unpaired) electrons. The van der Waals surface area contributed by atoms with Crippen molar-refractivity contribution < 1.29 is 24.2 Å². The molecule has 1 aromatic heterocycles. The van der Waals surface area contributed by atoms with Crippen LogP contribution in [0, 0.1) is 0 Å². The molecule has 1 saturated heterocycles. The Kier molecular flexibility index (Phi) is 7.31. The van der Waals surface area contributed by atoms with Crippen molar-refractivity contribution in [2.75, 3.05) is 14.2 Å². The summed E-state index contributed by atoms with van der Waals surface area (Å²) < 4.78 is 10.7. The van der Waals surface area contributed by atoms with E-state index in [-0.39, 0.29) is 34.2 Å². The molecule has 4 rings (SSSR count). The second-order valence-electron chi connectivity index (χ2n) is 8.80. The topological polar surface area (TPSA) is 89.0 Å². The van der Waals surface area contributed by atoms with E-state index >= 15 is 0 Å². The van der Waals surface area contributed by atoms with E-state index in [1.807, 2.05) is 30.3 Å². The maximum atomic E-state index is 13.4. The molecule has 0 spiro atoms. The molecule has 0 aliphatic carbocycles. The van der Waals surface area contributed by atoms with Crippen LogP contribution < -0.4 is 9.47 Å². The van der Waals surface area contributed by atoms with Crippen molar-refractivity contribution in [3.05, 3.63) is 93.8 Å². The molecule has 36 heavy (non-hydrogen) atoms. The average molecular weight is 507 g/mol. The first-order valence-corrected chi connectivity index (χ1v) is 11.8. The molecule has 7 nitrogen and oxygen atoms in total. The predicted molar refractivity (Wildman–Crippen MR) is 137 cm³/mol. The molecule has 1 N–H and O–H groups in total. The summed E-state index contributed by atoms with van der Waals surface area (Å²) in [6.45, 7) is 4.32. The molecule has 1 atom stereocenters. The van der Waals surface area contributed by atoms with Gasteiger partial charge in [0, 0.05) is 25.0 Å². The number of amides is 1. The van der Waals surface area contributed by atoms with Crippen molar-refractivity contribution in [2.45, 2.75) is 32.4 Å². The number of Topliss-reactive ketones (excluding diaryl/α,β-unsaturated/α-hetero) is 1. The number of ether oxygens (including phenoxy) is 2. The van der Waals surface area contributed by atoms with E-state index < -0.39 is 17.7 Å². The fourth-order valence-electron chi connectivity index (χ4n) is 4.33. The highest BCUT2D eigenvalue weighted by Gasteiger charge is 2.46. The molecule has 8 heteroatoms. The highest BCUT2D eigenvalue weighted by molar-refractivity contribution is 6.46. The van der Waals surface area contributed by atoms with Gasteiger partial charge in [0.2, 0.25) is 0 Å². The number of aromatic nitrogens is 1. The number of benzene rings is 2. The fraction of sp³-hybridized carbons (Fsp3) is 0.250. The molecular formula is C28H27ClN2O5. The number of halogens is 1. The molecule has 186 valence electrons. The Labute approximate surface area is 214 Å². The van der Waals surface area contributed by atoms with Gasteiger partial charge in [0.25, 0.3) is 11.7 Å². The lowest BCUT2D eigenvalue weighted by Crippen LogP contribution is -2.29. The van der Waals surface area contributed by atoms with Crippen LogP contribution in [0.3, 0.4) is 0 Å². The smallest absolute Gasteiger partial charge is 0.295 e. The molecule has 2 heterocycles. The standard InChI is InChI=1S/C28H27ClN2O5/c1-16(2)18-7-9-19(10-8-18)25-24(26(32)20-12-23(36-4)21(29)13-22(20)35-3)27(33)28(34)31(25)15-17-6-5-11-30-14-17/h5-14,16,25,32H,15H2,1-4H3/b26-24+. The Morgan fingerprint density at radius 2 is 1.78 bits per heavy atom. The summed E-state index contributed by atoms with van der Waals surface area (Å²) >= 11 is 6.24. The van der Waals surface area contributed by atoms with Gasteiger partial charge in [-0.05, 0) is 34.7 Å². The number of nitrogens with zero attached hydrogens (tertiary/aromatic N) is 2. The number of hydrogen-bond acceptors (Lipinski definition) is 6. The molecule has 1 amide bonds. The van der Waals surface area contributed by atoms with Crippen LogP contribution in [0.15, 0.2) is 66.5 Å². The van der Waals surface area contributed by atoms with Gasteiger partial charge in [-0.3, -0.25) is 14.6 Å². The number of ketones is 1. The summed E-state index contributed by atoms with van der Waals surface area (Å²) in [5, 5.41) is 11.8. The lowest BCUT2D eigenvalue weighted by Gasteiger charge is -2.26. The lowest BCUT2D eigenvalue weighted by atomic mass is 9.93. The first-order valence-electron chi connectivity index (χ1n) is 11.5. The molecule has 1 unspecified atom stereocenters. The van der Waals surface area contributed by atoms with E-state index in [1.165, 1.54) is 31.3 Å². The number of rotatable bonds is 7.